The second-order valence-corrected chi connectivity index (χ2v) is 8.66. The normalized spacial score (nSPS) is 12.0. The van der Waals surface area contributed by atoms with Crippen molar-refractivity contribution in [1.82, 2.24) is 15.3 Å². The van der Waals surface area contributed by atoms with E-state index >= 15 is 0 Å². The van der Waals surface area contributed by atoms with Crippen molar-refractivity contribution in [2.24, 2.45) is 0 Å². The largest absolute Gasteiger partial charge is 0.481 e. The summed E-state index contributed by atoms with van der Waals surface area (Å²) >= 11 is 1.65. The molecule has 1 N–H and O–H groups in total. The van der Waals surface area contributed by atoms with Crippen LogP contribution in [0.4, 0.5) is 0 Å². The van der Waals surface area contributed by atoms with Crippen LogP contribution < -0.4 is 10.1 Å². The topological polar surface area (TPSA) is 64.1 Å². The van der Waals surface area contributed by atoms with Crippen LogP contribution in [-0.4, -0.2) is 28.5 Å². The number of benzene rings is 1. The Morgan fingerprint density at radius 1 is 1.17 bits per heavy atom. The van der Waals surface area contributed by atoms with Crippen molar-refractivity contribution in [2.45, 2.75) is 52.6 Å². The van der Waals surface area contributed by atoms with Gasteiger partial charge in [-0.15, -0.1) is 11.3 Å². The lowest BCUT2D eigenvalue weighted by atomic mass is 10.0. The Bertz CT molecular complexity index is 970. The summed E-state index contributed by atoms with van der Waals surface area (Å²) in [6.07, 6.45) is 4.67. The van der Waals surface area contributed by atoms with Crippen LogP contribution in [0, 0.1) is 6.92 Å². The molecule has 1 aromatic carbocycles. The van der Waals surface area contributed by atoms with Crippen molar-refractivity contribution in [1.29, 1.82) is 0 Å². The summed E-state index contributed by atoms with van der Waals surface area (Å²) < 4.78 is 5.99. The van der Waals surface area contributed by atoms with Crippen molar-refractivity contribution in [3.63, 3.8) is 0 Å². The van der Waals surface area contributed by atoms with Crippen molar-refractivity contribution in [3.8, 4) is 17.0 Å². The Hall–Kier alpha value is -2.73. The molecule has 1 unspecified atom stereocenters. The molecular formula is C24H29N3O2S. The van der Waals surface area contributed by atoms with Crippen LogP contribution in [0.3, 0.4) is 0 Å². The average molecular weight is 424 g/mol. The minimum Gasteiger partial charge on any atom is -0.481 e. The van der Waals surface area contributed by atoms with Crippen molar-refractivity contribution >= 4 is 17.2 Å². The number of amides is 1. The van der Waals surface area contributed by atoms with Gasteiger partial charge in [0, 0.05) is 36.3 Å². The first-order valence-electron chi connectivity index (χ1n) is 10.3. The number of pyridine rings is 1. The fraction of sp³-hybridized carbons (Fsp3) is 0.375. The number of ether oxygens (including phenoxy) is 1. The molecule has 0 fully saturated rings. The molecule has 158 valence electrons. The van der Waals surface area contributed by atoms with Crippen LogP contribution in [0.5, 0.6) is 5.75 Å². The first kappa shape index (κ1) is 22.0. The van der Waals surface area contributed by atoms with Crippen molar-refractivity contribution < 1.29 is 9.53 Å². The summed E-state index contributed by atoms with van der Waals surface area (Å²) in [5.41, 5.74) is 4.29. The van der Waals surface area contributed by atoms with Gasteiger partial charge in [0.1, 0.15) is 5.75 Å². The number of nitrogens with zero attached hydrogens (tertiary/aromatic N) is 2. The smallest absolute Gasteiger partial charge is 0.260 e. The SMILES string of the molecule is Cc1ccc(C(C)C)c(OC(C)C(=O)NCCCc2nc(-c3ccncc3)cs2)c1. The van der Waals surface area contributed by atoms with E-state index in [2.05, 4.69) is 46.6 Å². The summed E-state index contributed by atoms with van der Waals surface area (Å²) in [4.78, 5) is 21.2. The van der Waals surface area contributed by atoms with E-state index in [1.165, 1.54) is 0 Å². The number of nitrogens with one attached hydrogen (secondary N) is 1. The molecule has 1 atom stereocenters. The minimum atomic E-state index is -0.539. The standard InChI is InChI=1S/C24H29N3O2S/c1-16(2)20-8-7-17(3)14-22(20)29-18(4)24(28)26-11-5-6-23-27-21(15-30-23)19-9-12-25-13-10-19/h7-10,12-16,18H,5-6,11H2,1-4H3,(H,26,28). The highest BCUT2D eigenvalue weighted by Gasteiger charge is 2.17. The Kier molecular flexibility index (Phi) is 7.57. The molecule has 2 aromatic heterocycles. The third-order valence-corrected chi connectivity index (χ3v) is 5.77. The van der Waals surface area contributed by atoms with Gasteiger partial charge in [-0.2, -0.15) is 0 Å². The van der Waals surface area contributed by atoms with E-state index in [0.717, 1.165) is 46.0 Å². The monoisotopic (exact) mass is 423 g/mol. The zero-order chi connectivity index (χ0) is 21.5. The van der Waals surface area contributed by atoms with Crippen LogP contribution in [0.25, 0.3) is 11.3 Å². The third-order valence-electron chi connectivity index (χ3n) is 4.86. The van der Waals surface area contributed by atoms with E-state index in [4.69, 9.17) is 4.74 Å². The van der Waals surface area contributed by atoms with Gasteiger partial charge in [0.05, 0.1) is 10.7 Å². The molecule has 6 heteroatoms. The molecular weight excluding hydrogens is 394 g/mol. The average Bonchev–Trinajstić information content (AvgIpc) is 3.20. The molecule has 3 aromatic rings. The second-order valence-electron chi connectivity index (χ2n) is 7.71. The number of carbonyl (C=O) groups excluding carboxylic acids is 1. The lowest BCUT2D eigenvalue weighted by Gasteiger charge is -2.19. The number of carbonyl (C=O) groups is 1. The highest BCUT2D eigenvalue weighted by atomic mass is 32.1. The van der Waals surface area contributed by atoms with E-state index in [9.17, 15) is 4.79 Å². The van der Waals surface area contributed by atoms with E-state index in [1.807, 2.05) is 25.1 Å². The van der Waals surface area contributed by atoms with Crippen LogP contribution in [0.15, 0.2) is 48.1 Å². The summed E-state index contributed by atoms with van der Waals surface area (Å²) in [7, 11) is 0. The molecule has 5 nitrogen and oxygen atoms in total. The molecule has 0 spiro atoms. The van der Waals surface area contributed by atoms with Gasteiger partial charge in [-0.05, 0) is 55.5 Å². The van der Waals surface area contributed by atoms with Crippen LogP contribution in [0.1, 0.15) is 49.2 Å². The Labute approximate surface area is 182 Å². The maximum Gasteiger partial charge on any atom is 0.260 e. The van der Waals surface area contributed by atoms with Crippen LogP contribution >= 0.6 is 11.3 Å². The number of rotatable bonds is 9. The van der Waals surface area contributed by atoms with Gasteiger partial charge in [-0.3, -0.25) is 9.78 Å². The summed E-state index contributed by atoms with van der Waals surface area (Å²) in [5.74, 6) is 1.04. The third kappa shape index (κ3) is 5.89. The molecule has 1 amide bonds. The highest BCUT2D eigenvalue weighted by molar-refractivity contribution is 7.09. The van der Waals surface area contributed by atoms with Crippen molar-refractivity contribution in [3.05, 3.63) is 64.2 Å². The number of aromatic nitrogens is 2. The minimum absolute atomic E-state index is 0.0946. The molecule has 0 bridgehead atoms. The molecule has 30 heavy (non-hydrogen) atoms. The molecule has 0 saturated carbocycles. The summed E-state index contributed by atoms with van der Waals surface area (Å²) in [6, 6.07) is 10.1. The molecule has 0 saturated heterocycles. The predicted octanol–water partition coefficient (Wildman–Crippen LogP) is 5.15. The van der Waals surface area contributed by atoms with E-state index < -0.39 is 6.10 Å². The van der Waals surface area contributed by atoms with Gasteiger partial charge in [0.15, 0.2) is 6.10 Å². The number of aryl methyl sites for hydroxylation is 2. The fourth-order valence-corrected chi connectivity index (χ4v) is 3.99. The lowest BCUT2D eigenvalue weighted by Crippen LogP contribution is -2.37. The quantitative estimate of drug-likeness (QED) is 0.483. The zero-order valence-corrected chi connectivity index (χ0v) is 18.8. The van der Waals surface area contributed by atoms with Gasteiger partial charge in [0.25, 0.3) is 5.91 Å². The van der Waals surface area contributed by atoms with Gasteiger partial charge < -0.3 is 10.1 Å². The predicted molar refractivity (Wildman–Crippen MR) is 122 cm³/mol. The zero-order valence-electron chi connectivity index (χ0n) is 18.0. The second kappa shape index (κ2) is 10.3. The number of hydrogen-bond acceptors (Lipinski definition) is 5. The molecule has 0 radical (unpaired) electrons. The highest BCUT2D eigenvalue weighted by Crippen LogP contribution is 2.28. The maximum atomic E-state index is 12.5. The first-order valence-corrected chi connectivity index (χ1v) is 11.2. The van der Waals surface area contributed by atoms with Gasteiger partial charge in [-0.1, -0.05) is 26.0 Å². The van der Waals surface area contributed by atoms with E-state index in [1.54, 1.807) is 30.7 Å². The van der Waals surface area contributed by atoms with Gasteiger partial charge in [-0.25, -0.2) is 4.98 Å². The van der Waals surface area contributed by atoms with E-state index in [-0.39, 0.29) is 5.91 Å². The van der Waals surface area contributed by atoms with Crippen LogP contribution in [-0.2, 0) is 11.2 Å². The maximum absolute atomic E-state index is 12.5. The Morgan fingerprint density at radius 3 is 2.67 bits per heavy atom. The fourth-order valence-electron chi connectivity index (χ4n) is 3.14. The summed E-state index contributed by atoms with van der Waals surface area (Å²) in [6.45, 7) is 8.67. The van der Waals surface area contributed by atoms with Crippen LogP contribution in [0.2, 0.25) is 0 Å². The molecule has 0 aliphatic rings. The van der Waals surface area contributed by atoms with Crippen molar-refractivity contribution in [2.75, 3.05) is 6.54 Å². The van der Waals surface area contributed by atoms with Gasteiger partial charge >= 0.3 is 0 Å². The molecule has 2 heterocycles. The molecule has 0 aliphatic heterocycles. The van der Waals surface area contributed by atoms with Gasteiger partial charge in [0.2, 0.25) is 0 Å². The lowest BCUT2D eigenvalue weighted by molar-refractivity contribution is -0.127. The molecule has 0 aliphatic carbocycles. The Morgan fingerprint density at radius 2 is 1.93 bits per heavy atom. The van der Waals surface area contributed by atoms with E-state index in [0.29, 0.717) is 12.5 Å². The molecule has 3 rings (SSSR count). The number of hydrogen-bond donors (Lipinski definition) is 1. The Balaban J connectivity index is 1.46. The number of thiazole rings is 1. The summed E-state index contributed by atoms with van der Waals surface area (Å²) in [5, 5.41) is 6.11. The first-order chi connectivity index (χ1) is 14.4.